The molecule has 3 atom stereocenters. The van der Waals surface area contributed by atoms with Crippen molar-refractivity contribution in [1.82, 2.24) is 0 Å². The Kier molecular flexibility index (Phi) is 3.49. The van der Waals surface area contributed by atoms with Gasteiger partial charge in [0, 0.05) is 0 Å². The van der Waals surface area contributed by atoms with Crippen LogP contribution in [0.5, 0.6) is 0 Å². The van der Waals surface area contributed by atoms with E-state index in [2.05, 4.69) is 0 Å². The zero-order chi connectivity index (χ0) is 11.6. The molecule has 72 valence electrons. The number of Topliss-reactive ketones (excluding diaryl/α,β-unsaturated/α-hetero) is 1. The Labute approximate surface area is 71.5 Å². The lowest BCUT2D eigenvalue weighted by atomic mass is 10.1. The second kappa shape index (κ2) is 5.18. The molecule has 0 aromatic rings. The van der Waals surface area contributed by atoms with Crippen LogP contribution in [0.1, 0.15) is 2.74 Å². The van der Waals surface area contributed by atoms with Gasteiger partial charge in [-0.25, -0.2) is 0 Å². The molecule has 0 saturated carbocycles. The predicted molar refractivity (Wildman–Crippen MR) is 37.2 cm³/mol. The van der Waals surface area contributed by atoms with E-state index in [0.717, 1.165) is 0 Å². The number of aliphatic hydroxyl groups is 5. The number of aliphatic hydroxyl groups excluding tert-OH is 3. The van der Waals surface area contributed by atoms with Gasteiger partial charge in [-0.2, -0.15) is 0 Å². The number of hydrogen-bond acceptors (Lipinski definition) is 6. The van der Waals surface area contributed by atoms with Crippen LogP contribution in [0.15, 0.2) is 0 Å². The van der Waals surface area contributed by atoms with Gasteiger partial charge in [-0.15, -0.1) is 0 Å². The van der Waals surface area contributed by atoms with Gasteiger partial charge in [0.2, 0.25) is 0 Å². The predicted octanol–water partition coefficient (Wildman–Crippen LogP) is -3.38. The fourth-order valence-electron chi connectivity index (χ4n) is 0.478. The van der Waals surface area contributed by atoms with E-state index in [-0.39, 0.29) is 0 Å². The molecule has 5 N–H and O–H groups in total. The zero-order valence-electron chi connectivity index (χ0n) is 8.14. The van der Waals surface area contributed by atoms with Gasteiger partial charge in [0.05, 0.1) is 9.35 Å². The first-order chi connectivity index (χ1) is 6.20. The zero-order valence-corrected chi connectivity index (χ0v) is 6.14. The molecule has 0 aliphatic carbocycles. The lowest BCUT2D eigenvalue weighted by Crippen LogP contribution is -2.44. The van der Waals surface area contributed by atoms with Crippen LogP contribution in [0.25, 0.3) is 0 Å². The Morgan fingerprint density at radius 1 is 1.33 bits per heavy atom. The maximum Gasteiger partial charge on any atom is 0.189 e. The lowest BCUT2D eigenvalue weighted by Gasteiger charge is -2.19. The highest BCUT2D eigenvalue weighted by Gasteiger charge is 2.28. The van der Waals surface area contributed by atoms with E-state index in [9.17, 15) is 4.79 Å². The van der Waals surface area contributed by atoms with Crippen LogP contribution < -0.4 is 0 Å². The Bertz CT molecular complexity index is 216. The molecular formula is C6H12O6. The van der Waals surface area contributed by atoms with Gasteiger partial charge in [-0.3, -0.25) is 4.79 Å². The summed E-state index contributed by atoms with van der Waals surface area (Å²) in [6, 6.07) is 0. The third-order valence-corrected chi connectivity index (χ3v) is 1.17. The van der Waals surface area contributed by atoms with Crippen molar-refractivity contribution in [2.75, 3.05) is 13.2 Å². The first-order valence-corrected chi connectivity index (χ1v) is 3.08. The molecular weight excluding hydrogens is 168 g/mol. The average Bonchev–Trinajstić information content (AvgIpc) is 2.15. The molecule has 0 bridgehead atoms. The molecule has 6 heteroatoms. The Hall–Kier alpha value is -0.530. The number of hydrogen-bond donors (Lipinski definition) is 5. The van der Waals surface area contributed by atoms with Crippen molar-refractivity contribution in [1.29, 1.82) is 0 Å². The minimum atomic E-state index is -3.23. The van der Waals surface area contributed by atoms with Gasteiger partial charge in [0.1, 0.15) is 24.9 Å². The smallest absolute Gasteiger partial charge is 0.189 e. The highest BCUT2D eigenvalue weighted by Crippen LogP contribution is 2.00. The van der Waals surface area contributed by atoms with Crippen LogP contribution in [-0.2, 0) is 4.79 Å². The van der Waals surface area contributed by atoms with Crippen molar-refractivity contribution in [3.63, 3.8) is 0 Å². The summed E-state index contributed by atoms with van der Waals surface area (Å²) in [6.07, 6.45) is -8.71. The largest absolute Gasteiger partial charge is 0.394 e. The molecule has 0 aromatic carbocycles. The molecule has 0 aromatic heterocycles. The second-order valence-corrected chi connectivity index (χ2v) is 2.02. The quantitative estimate of drug-likeness (QED) is 0.303. The van der Waals surface area contributed by atoms with Crippen LogP contribution in [0.3, 0.4) is 0 Å². The number of carbonyl (C=O) groups is 1. The first-order valence-electron chi connectivity index (χ1n) is 4.08. The third kappa shape index (κ3) is 2.84. The lowest BCUT2D eigenvalue weighted by molar-refractivity contribution is -0.142. The summed E-state index contributed by atoms with van der Waals surface area (Å²) in [5.74, 6) is -1.48. The Morgan fingerprint density at radius 3 is 2.17 bits per heavy atom. The molecule has 6 nitrogen and oxygen atoms in total. The van der Waals surface area contributed by atoms with E-state index < -0.39 is 37.3 Å². The average molecular weight is 182 g/mol. The van der Waals surface area contributed by atoms with Gasteiger partial charge in [0.15, 0.2) is 5.78 Å². The summed E-state index contributed by atoms with van der Waals surface area (Å²) in [4.78, 5) is 10.7. The van der Waals surface area contributed by atoms with Crippen molar-refractivity contribution in [3.8, 4) is 0 Å². The molecule has 0 unspecified atom stereocenters. The Balaban J connectivity index is 4.83. The summed E-state index contributed by atoms with van der Waals surface area (Å²) in [7, 11) is 0. The number of ketones is 1. The molecule has 0 spiro atoms. The molecule has 0 rings (SSSR count). The molecule has 0 aliphatic rings. The van der Waals surface area contributed by atoms with Gasteiger partial charge >= 0.3 is 0 Å². The minimum absolute atomic E-state index is 1.22. The maximum absolute atomic E-state index is 10.7. The van der Waals surface area contributed by atoms with Crippen LogP contribution >= 0.6 is 0 Å². The van der Waals surface area contributed by atoms with E-state index in [1.165, 1.54) is 0 Å². The van der Waals surface area contributed by atoms with Crippen LogP contribution in [0.2, 0.25) is 0 Å². The third-order valence-electron chi connectivity index (χ3n) is 1.17. The minimum Gasteiger partial charge on any atom is -0.394 e. The van der Waals surface area contributed by atoms with Crippen LogP contribution in [0, 0.1) is 0 Å². The van der Waals surface area contributed by atoms with E-state index in [1.54, 1.807) is 0 Å². The standard InChI is InChI=1S/C6H12O6/c7-1-3(9)5(11)6(12)4(10)2-8/h3,5-9,11-12H,1-2H2/t3-,5+,6+/m0/s1/i3D,6D. The Morgan fingerprint density at radius 2 is 1.83 bits per heavy atom. The summed E-state index contributed by atoms with van der Waals surface area (Å²) in [5, 5.41) is 43.7. The van der Waals surface area contributed by atoms with Gasteiger partial charge in [0.25, 0.3) is 0 Å². The maximum atomic E-state index is 10.7. The fraction of sp³-hybridized carbons (Fsp3) is 0.833. The van der Waals surface area contributed by atoms with Crippen molar-refractivity contribution in [2.24, 2.45) is 0 Å². The highest BCUT2D eigenvalue weighted by atomic mass is 16.4. The normalized spacial score (nSPS) is 26.1. The SMILES string of the molecule is [2H][C@](O)(CO)[C@@H](O)[C@]([2H])(O)C(=O)CO. The van der Waals surface area contributed by atoms with Gasteiger partial charge < -0.3 is 25.5 Å². The van der Waals surface area contributed by atoms with E-state index in [0.29, 0.717) is 0 Å². The topological polar surface area (TPSA) is 118 Å². The number of rotatable bonds is 5. The molecule has 0 amide bonds. The van der Waals surface area contributed by atoms with Gasteiger partial charge in [-0.05, 0) is 0 Å². The van der Waals surface area contributed by atoms with Crippen molar-refractivity contribution < 1.29 is 33.1 Å². The monoisotopic (exact) mass is 182 g/mol. The molecule has 0 radical (unpaired) electrons. The van der Waals surface area contributed by atoms with Crippen molar-refractivity contribution in [2.45, 2.75) is 18.3 Å². The molecule has 0 heterocycles. The number of carbonyl (C=O) groups excluding carboxylic acids is 1. The van der Waals surface area contributed by atoms with Crippen LogP contribution in [-0.4, -0.2) is 62.8 Å². The van der Waals surface area contributed by atoms with E-state index >= 15 is 0 Å². The molecule has 0 saturated heterocycles. The second-order valence-electron chi connectivity index (χ2n) is 2.02. The van der Waals surface area contributed by atoms with Crippen molar-refractivity contribution in [3.05, 3.63) is 0 Å². The molecule has 0 fully saturated rings. The molecule has 0 aliphatic heterocycles. The van der Waals surface area contributed by atoms with Crippen molar-refractivity contribution >= 4 is 5.78 Å². The fourth-order valence-corrected chi connectivity index (χ4v) is 0.478. The molecule has 12 heavy (non-hydrogen) atoms. The first kappa shape index (κ1) is 8.09. The van der Waals surface area contributed by atoms with E-state index in [4.69, 9.17) is 28.3 Å². The highest BCUT2D eigenvalue weighted by molar-refractivity contribution is 5.84. The summed E-state index contributed by atoms with van der Waals surface area (Å²) >= 11 is 0. The van der Waals surface area contributed by atoms with Crippen LogP contribution in [0.4, 0.5) is 0 Å². The summed E-state index contributed by atoms with van der Waals surface area (Å²) in [6.45, 7) is -2.49. The summed E-state index contributed by atoms with van der Waals surface area (Å²) in [5.41, 5.74) is 0. The van der Waals surface area contributed by atoms with Gasteiger partial charge in [-0.1, -0.05) is 0 Å². The summed E-state index contributed by atoms with van der Waals surface area (Å²) < 4.78 is 13.7. The van der Waals surface area contributed by atoms with E-state index in [1.807, 2.05) is 0 Å².